The molecule has 1 aromatic rings. The SMILES string of the molecule is CCC1CN(c2ccc(OC(F)(F)F)cc2)CCN1. The number of rotatable bonds is 3. The second kappa shape index (κ2) is 5.69. The highest BCUT2D eigenvalue weighted by Crippen LogP contribution is 2.25. The van der Waals surface area contributed by atoms with Gasteiger partial charge in [-0.2, -0.15) is 0 Å². The molecule has 0 radical (unpaired) electrons. The van der Waals surface area contributed by atoms with Gasteiger partial charge in [0.15, 0.2) is 0 Å². The minimum absolute atomic E-state index is 0.182. The van der Waals surface area contributed by atoms with Crippen LogP contribution in [0.25, 0.3) is 0 Å². The molecule has 1 saturated heterocycles. The van der Waals surface area contributed by atoms with E-state index in [1.165, 1.54) is 12.1 Å². The highest BCUT2D eigenvalue weighted by Gasteiger charge is 2.31. The van der Waals surface area contributed by atoms with Crippen LogP contribution in [0.5, 0.6) is 5.75 Å². The van der Waals surface area contributed by atoms with E-state index < -0.39 is 6.36 Å². The normalized spacial score (nSPS) is 20.4. The molecule has 106 valence electrons. The molecule has 0 aromatic heterocycles. The Bertz CT molecular complexity index is 405. The first-order valence-electron chi connectivity index (χ1n) is 6.32. The number of ether oxygens (including phenoxy) is 1. The van der Waals surface area contributed by atoms with Crippen molar-refractivity contribution in [1.82, 2.24) is 5.32 Å². The van der Waals surface area contributed by atoms with Crippen LogP contribution < -0.4 is 15.0 Å². The summed E-state index contributed by atoms with van der Waals surface area (Å²) in [7, 11) is 0. The topological polar surface area (TPSA) is 24.5 Å². The van der Waals surface area contributed by atoms with E-state index in [1.54, 1.807) is 12.1 Å². The molecule has 1 unspecified atom stereocenters. The zero-order chi connectivity index (χ0) is 13.9. The van der Waals surface area contributed by atoms with Crippen LogP contribution in [0.2, 0.25) is 0 Å². The summed E-state index contributed by atoms with van der Waals surface area (Å²) in [5.74, 6) is -0.182. The minimum atomic E-state index is -4.64. The monoisotopic (exact) mass is 274 g/mol. The molecule has 0 bridgehead atoms. The molecule has 3 nitrogen and oxygen atoms in total. The number of anilines is 1. The van der Waals surface area contributed by atoms with Gasteiger partial charge in [-0.3, -0.25) is 0 Å². The van der Waals surface area contributed by atoms with E-state index in [4.69, 9.17) is 0 Å². The van der Waals surface area contributed by atoms with Crippen molar-refractivity contribution >= 4 is 5.69 Å². The van der Waals surface area contributed by atoms with E-state index >= 15 is 0 Å². The highest BCUT2D eigenvalue weighted by molar-refractivity contribution is 5.49. The summed E-state index contributed by atoms with van der Waals surface area (Å²) in [6.07, 6.45) is -3.60. The summed E-state index contributed by atoms with van der Waals surface area (Å²) in [5.41, 5.74) is 0.925. The Hall–Kier alpha value is -1.43. The molecule has 1 aromatic carbocycles. The van der Waals surface area contributed by atoms with Crippen LogP contribution in [0.15, 0.2) is 24.3 Å². The Morgan fingerprint density at radius 2 is 2.00 bits per heavy atom. The Labute approximate surface area is 110 Å². The molecule has 1 atom stereocenters. The summed E-state index contributed by atoms with van der Waals surface area (Å²) < 4.78 is 40.0. The van der Waals surface area contributed by atoms with Crippen LogP contribution in [-0.2, 0) is 0 Å². The van der Waals surface area contributed by atoms with Gasteiger partial charge in [0, 0.05) is 31.4 Å². The maximum Gasteiger partial charge on any atom is 0.573 e. The number of hydrogen-bond acceptors (Lipinski definition) is 3. The van der Waals surface area contributed by atoms with Crippen LogP contribution in [0, 0.1) is 0 Å². The lowest BCUT2D eigenvalue weighted by atomic mass is 10.1. The van der Waals surface area contributed by atoms with Crippen LogP contribution in [-0.4, -0.2) is 32.0 Å². The first-order chi connectivity index (χ1) is 8.98. The van der Waals surface area contributed by atoms with E-state index in [1.807, 2.05) is 0 Å². The van der Waals surface area contributed by atoms with Gasteiger partial charge in [-0.15, -0.1) is 13.2 Å². The molecule has 19 heavy (non-hydrogen) atoms. The smallest absolute Gasteiger partial charge is 0.406 e. The van der Waals surface area contributed by atoms with Crippen molar-refractivity contribution in [3.05, 3.63) is 24.3 Å². The molecule has 0 aliphatic carbocycles. The molecular formula is C13H17F3N2O. The average molecular weight is 274 g/mol. The van der Waals surface area contributed by atoms with Gasteiger partial charge in [-0.25, -0.2) is 0 Å². The fourth-order valence-corrected chi connectivity index (χ4v) is 2.19. The standard InChI is InChI=1S/C13H17F3N2O/c1-2-10-9-18(8-7-17-10)11-3-5-12(6-4-11)19-13(14,15)16/h3-6,10,17H,2,7-9H2,1H3. The van der Waals surface area contributed by atoms with E-state index in [9.17, 15) is 13.2 Å². The van der Waals surface area contributed by atoms with Crippen LogP contribution in [0.4, 0.5) is 18.9 Å². The summed E-state index contributed by atoms with van der Waals surface area (Å²) in [6, 6.07) is 6.47. The fraction of sp³-hybridized carbons (Fsp3) is 0.538. The summed E-state index contributed by atoms with van der Waals surface area (Å²) in [4.78, 5) is 2.17. The number of benzene rings is 1. The van der Waals surface area contributed by atoms with Crippen molar-refractivity contribution in [2.45, 2.75) is 25.7 Å². The molecule has 2 rings (SSSR count). The molecule has 1 aliphatic heterocycles. The lowest BCUT2D eigenvalue weighted by Crippen LogP contribution is -2.50. The van der Waals surface area contributed by atoms with Gasteiger partial charge in [-0.1, -0.05) is 6.92 Å². The van der Waals surface area contributed by atoms with Crippen molar-refractivity contribution < 1.29 is 17.9 Å². The van der Waals surface area contributed by atoms with Crippen molar-refractivity contribution in [3.63, 3.8) is 0 Å². The summed E-state index contributed by atoms with van der Waals surface area (Å²) in [6.45, 7) is 4.73. The Balaban J connectivity index is 2.01. The first kappa shape index (κ1) is 14.0. The summed E-state index contributed by atoms with van der Waals surface area (Å²) in [5, 5.41) is 3.40. The molecular weight excluding hydrogens is 257 g/mol. The number of halogens is 3. The molecule has 0 spiro atoms. The molecule has 1 N–H and O–H groups in total. The molecule has 0 amide bonds. The Morgan fingerprint density at radius 3 is 2.58 bits per heavy atom. The second-order valence-corrected chi connectivity index (χ2v) is 4.55. The number of nitrogens with zero attached hydrogens (tertiary/aromatic N) is 1. The highest BCUT2D eigenvalue weighted by atomic mass is 19.4. The van der Waals surface area contributed by atoms with Gasteiger partial charge in [-0.05, 0) is 30.7 Å². The Kier molecular flexibility index (Phi) is 4.19. The minimum Gasteiger partial charge on any atom is -0.406 e. The lowest BCUT2D eigenvalue weighted by Gasteiger charge is -2.35. The molecule has 1 heterocycles. The van der Waals surface area contributed by atoms with Gasteiger partial charge >= 0.3 is 6.36 Å². The third-order valence-electron chi connectivity index (χ3n) is 3.18. The number of alkyl halides is 3. The van der Waals surface area contributed by atoms with Crippen molar-refractivity contribution in [2.24, 2.45) is 0 Å². The Morgan fingerprint density at radius 1 is 1.32 bits per heavy atom. The largest absolute Gasteiger partial charge is 0.573 e. The van der Waals surface area contributed by atoms with Gasteiger partial charge in [0.2, 0.25) is 0 Å². The van der Waals surface area contributed by atoms with Crippen molar-refractivity contribution in [2.75, 3.05) is 24.5 Å². The van der Waals surface area contributed by atoms with Gasteiger partial charge in [0.25, 0.3) is 0 Å². The van der Waals surface area contributed by atoms with Gasteiger partial charge in [0.05, 0.1) is 0 Å². The van der Waals surface area contributed by atoms with Crippen LogP contribution in [0.3, 0.4) is 0 Å². The molecule has 0 saturated carbocycles. The zero-order valence-electron chi connectivity index (χ0n) is 10.7. The third kappa shape index (κ3) is 4.02. The molecule has 1 fully saturated rings. The predicted molar refractivity (Wildman–Crippen MR) is 67.4 cm³/mol. The number of hydrogen-bond donors (Lipinski definition) is 1. The number of piperazine rings is 1. The van der Waals surface area contributed by atoms with Gasteiger partial charge < -0.3 is 15.0 Å². The van der Waals surface area contributed by atoms with Gasteiger partial charge in [0.1, 0.15) is 5.75 Å². The molecule has 6 heteroatoms. The van der Waals surface area contributed by atoms with E-state index in [0.29, 0.717) is 6.04 Å². The van der Waals surface area contributed by atoms with E-state index in [-0.39, 0.29) is 5.75 Å². The second-order valence-electron chi connectivity index (χ2n) is 4.55. The first-order valence-corrected chi connectivity index (χ1v) is 6.32. The predicted octanol–water partition coefficient (Wildman–Crippen LogP) is 2.77. The zero-order valence-corrected chi connectivity index (χ0v) is 10.7. The van der Waals surface area contributed by atoms with Crippen LogP contribution in [0.1, 0.15) is 13.3 Å². The fourth-order valence-electron chi connectivity index (χ4n) is 2.19. The van der Waals surface area contributed by atoms with Crippen molar-refractivity contribution in [1.29, 1.82) is 0 Å². The summed E-state index contributed by atoms with van der Waals surface area (Å²) >= 11 is 0. The maximum atomic E-state index is 12.1. The lowest BCUT2D eigenvalue weighted by molar-refractivity contribution is -0.274. The van der Waals surface area contributed by atoms with Crippen molar-refractivity contribution in [3.8, 4) is 5.75 Å². The average Bonchev–Trinajstić information content (AvgIpc) is 2.38. The third-order valence-corrected chi connectivity index (χ3v) is 3.18. The number of nitrogens with one attached hydrogen (secondary N) is 1. The van der Waals surface area contributed by atoms with E-state index in [2.05, 4.69) is 21.9 Å². The van der Waals surface area contributed by atoms with Crippen LogP contribution >= 0.6 is 0 Å². The quantitative estimate of drug-likeness (QED) is 0.917. The van der Waals surface area contributed by atoms with E-state index in [0.717, 1.165) is 31.7 Å². The maximum absolute atomic E-state index is 12.1. The molecule has 1 aliphatic rings.